The van der Waals surface area contributed by atoms with Crippen LogP contribution in [-0.4, -0.2) is 46.5 Å². The molecule has 12 heteroatoms. The van der Waals surface area contributed by atoms with Gasteiger partial charge in [0.05, 0.1) is 18.2 Å². The van der Waals surface area contributed by atoms with Crippen molar-refractivity contribution in [1.82, 2.24) is 15.1 Å². The van der Waals surface area contributed by atoms with Crippen LogP contribution in [0.1, 0.15) is 33.4 Å². The van der Waals surface area contributed by atoms with Crippen LogP contribution in [0.2, 0.25) is 0 Å². The highest BCUT2D eigenvalue weighted by Crippen LogP contribution is 2.44. The van der Waals surface area contributed by atoms with E-state index in [1.54, 1.807) is 6.07 Å². The summed E-state index contributed by atoms with van der Waals surface area (Å²) in [4.78, 5) is 27.1. The summed E-state index contributed by atoms with van der Waals surface area (Å²) in [6.07, 6.45) is -2.22. The molecule has 0 fully saturated rings. The van der Waals surface area contributed by atoms with E-state index in [-0.39, 0.29) is 28.1 Å². The van der Waals surface area contributed by atoms with Gasteiger partial charge in [0.2, 0.25) is 12.8 Å². The Bertz CT molecular complexity index is 1200. The predicted molar refractivity (Wildman–Crippen MR) is 109 cm³/mol. The molecular formula is C22H17F5N4O3. The first-order chi connectivity index (χ1) is 16.2. The van der Waals surface area contributed by atoms with Gasteiger partial charge in [-0.2, -0.15) is 18.3 Å². The number of aromatic nitrogens is 2. The molecule has 0 spiro atoms. The number of hydrogen-bond donors (Lipinski definition) is 2. The fourth-order valence-electron chi connectivity index (χ4n) is 4.04. The number of halogens is 5. The first-order valence-electron chi connectivity index (χ1n) is 9.93. The van der Waals surface area contributed by atoms with Gasteiger partial charge in [-0.25, -0.2) is 8.78 Å². The first kappa shape index (κ1) is 23.2. The number of anilines is 1. The number of carbonyl (C=O) groups excluding carboxylic acids is 2. The number of ether oxygens (including phenoxy) is 1. The fraction of sp³-hybridized carbons (Fsp3) is 0.227. The van der Waals surface area contributed by atoms with Crippen molar-refractivity contribution in [3.8, 4) is 5.75 Å². The molecule has 4 rings (SSSR count). The number of carbonyl (C=O) groups is 2. The third-order valence-corrected chi connectivity index (χ3v) is 5.29. The lowest BCUT2D eigenvalue weighted by molar-refractivity contribution is -0.148. The Morgan fingerprint density at radius 2 is 1.97 bits per heavy atom. The average Bonchev–Trinajstić information content (AvgIpc) is 3.29. The Labute approximate surface area is 189 Å². The van der Waals surface area contributed by atoms with Gasteiger partial charge in [-0.15, -0.1) is 0 Å². The summed E-state index contributed by atoms with van der Waals surface area (Å²) < 4.78 is 71.4. The van der Waals surface area contributed by atoms with Gasteiger partial charge < -0.3 is 15.0 Å². The zero-order chi connectivity index (χ0) is 24.5. The molecule has 1 aliphatic rings. The molecule has 2 amide bonds. The second kappa shape index (κ2) is 9.12. The van der Waals surface area contributed by atoms with Crippen molar-refractivity contribution in [2.75, 3.05) is 18.7 Å². The van der Waals surface area contributed by atoms with Crippen molar-refractivity contribution in [1.29, 1.82) is 0 Å². The largest absolute Gasteiger partial charge is 0.463 e. The third-order valence-electron chi connectivity index (χ3n) is 5.29. The highest BCUT2D eigenvalue weighted by molar-refractivity contribution is 6.04. The Balaban J connectivity index is 1.80. The second-order valence-corrected chi connectivity index (χ2v) is 7.51. The minimum absolute atomic E-state index is 0.0626. The van der Waals surface area contributed by atoms with Crippen molar-refractivity contribution in [3.63, 3.8) is 0 Å². The standard InChI is InChI=1S/C22H17F5N4O3/c23-11-34-15-6-13(24)5-14(7-15)30-20(32)18-16-3-1-2-4-17(16)21(33)31(10-22(25,26)27)19(18)12-8-28-29-9-12/h1-9,18-19H,10-11H2,(H,28,29)(H,30,32)/t18-,19+/m0/s1. The van der Waals surface area contributed by atoms with Crippen molar-refractivity contribution in [3.05, 3.63) is 77.4 Å². The highest BCUT2D eigenvalue weighted by atomic mass is 19.4. The molecule has 7 nitrogen and oxygen atoms in total. The molecule has 2 heterocycles. The van der Waals surface area contributed by atoms with E-state index in [0.29, 0.717) is 4.90 Å². The SMILES string of the molecule is O=C(Nc1cc(F)cc(OCF)c1)[C@H]1c2ccccc2C(=O)N(CC(F)(F)F)[C@@H]1c1cn[nH]c1. The molecule has 0 bridgehead atoms. The molecule has 3 aromatic rings. The summed E-state index contributed by atoms with van der Waals surface area (Å²) >= 11 is 0. The number of fused-ring (bicyclic) bond motifs is 1. The van der Waals surface area contributed by atoms with Crippen LogP contribution < -0.4 is 10.1 Å². The normalized spacial score (nSPS) is 17.9. The maximum Gasteiger partial charge on any atom is 0.406 e. The number of hydrogen-bond acceptors (Lipinski definition) is 4. The zero-order valence-electron chi connectivity index (χ0n) is 17.3. The molecule has 0 unspecified atom stereocenters. The Morgan fingerprint density at radius 1 is 1.21 bits per heavy atom. The topological polar surface area (TPSA) is 87.3 Å². The highest BCUT2D eigenvalue weighted by Gasteiger charge is 2.48. The molecule has 0 radical (unpaired) electrons. The van der Waals surface area contributed by atoms with Crippen LogP contribution in [-0.2, 0) is 4.79 Å². The molecule has 2 atom stereocenters. The van der Waals surface area contributed by atoms with E-state index in [4.69, 9.17) is 0 Å². The van der Waals surface area contributed by atoms with E-state index in [2.05, 4.69) is 20.3 Å². The van der Waals surface area contributed by atoms with Gasteiger partial charge >= 0.3 is 6.18 Å². The Kier molecular flexibility index (Phi) is 6.22. The van der Waals surface area contributed by atoms with E-state index in [0.717, 1.165) is 12.1 Å². The number of benzene rings is 2. The number of amides is 2. The summed E-state index contributed by atoms with van der Waals surface area (Å²) in [5.74, 6) is -4.03. The lowest BCUT2D eigenvalue weighted by Crippen LogP contribution is -2.49. The summed E-state index contributed by atoms with van der Waals surface area (Å²) in [5, 5.41) is 8.69. The molecule has 2 N–H and O–H groups in total. The van der Waals surface area contributed by atoms with Gasteiger partial charge in [0.15, 0.2) is 0 Å². The van der Waals surface area contributed by atoms with Crippen LogP contribution >= 0.6 is 0 Å². The number of aromatic amines is 1. The average molecular weight is 480 g/mol. The molecule has 0 saturated carbocycles. The molecule has 2 aromatic carbocycles. The van der Waals surface area contributed by atoms with Gasteiger partial charge in [0.25, 0.3) is 5.91 Å². The summed E-state index contributed by atoms with van der Waals surface area (Å²) in [5.41, 5.74) is 0.211. The quantitative estimate of drug-likeness (QED) is 0.514. The van der Waals surface area contributed by atoms with Crippen LogP contribution in [0.5, 0.6) is 5.75 Å². The monoisotopic (exact) mass is 480 g/mol. The van der Waals surface area contributed by atoms with Gasteiger partial charge in [-0.05, 0) is 17.7 Å². The van der Waals surface area contributed by atoms with Gasteiger partial charge in [0.1, 0.15) is 18.1 Å². The van der Waals surface area contributed by atoms with Crippen molar-refractivity contribution in [2.45, 2.75) is 18.1 Å². The molecule has 1 aromatic heterocycles. The maximum absolute atomic E-state index is 13.9. The molecule has 1 aliphatic heterocycles. The Morgan fingerprint density at radius 3 is 2.65 bits per heavy atom. The number of nitrogens with one attached hydrogen (secondary N) is 2. The third kappa shape index (κ3) is 4.70. The number of rotatable bonds is 6. The lowest BCUT2D eigenvalue weighted by Gasteiger charge is -2.41. The van der Waals surface area contributed by atoms with Crippen molar-refractivity contribution < 1.29 is 36.3 Å². The lowest BCUT2D eigenvalue weighted by atomic mass is 9.79. The van der Waals surface area contributed by atoms with E-state index in [1.165, 1.54) is 36.7 Å². The van der Waals surface area contributed by atoms with Crippen LogP contribution in [0.4, 0.5) is 27.6 Å². The minimum atomic E-state index is -4.74. The van der Waals surface area contributed by atoms with Crippen LogP contribution in [0.25, 0.3) is 0 Å². The fourth-order valence-corrected chi connectivity index (χ4v) is 4.04. The van der Waals surface area contributed by atoms with Crippen LogP contribution in [0.3, 0.4) is 0 Å². The van der Waals surface area contributed by atoms with E-state index in [1.807, 2.05) is 0 Å². The van der Waals surface area contributed by atoms with Crippen LogP contribution in [0.15, 0.2) is 54.9 Å². The number of alkyl halides is 4. The molecular weight excluding hydrogens is 463 g/mol. The van der Waals surface area contributed by atoms with Gasteiger partial charge in [-0.1, -0.05) is 18.2 Å². The minimum Gasteiger partial charge on any atom is -0.463 e. The maximum atomic E-state index is 13.9. The number of H-pyrrole nitrogens is 1. The van der Waals surface area contributed by atoms with Crippen molar-refractivity contribution in [2.24, 2.45) is 0 Å². The van der Waals surface area contributed by atoms with E-state index < -0.39 is 49.2 Å². The summed E-state index contributed by atoms with van der Waals surface area (Å²) in [6.45, 7) is -2.84. The molecule has 34 heavy (non-hydrogen) atoms. The molecule has 0 aliphatic carbocycles. The van der Waals surface area contributed by atoms with Gasteiger partial charge in [0, 0.05) is 35.1 Å². The smallest absolute Gasteiger partial charge is 0.406 e. The number of nitrogens with zero attached hydrogens (tertiary/aromatic N) is 2. The Hall–Kier alpha value is -3.96. The second-order valence-electron chi connectivity index (χ2n) is 7.51. The predicted octanol–water partition coefficient (Wildman–Crippen LogP) is 4.34. The molecule has 178 valence electrons. The van der Waals surface area contributed by atoms with Crippen LogP contribution in [0, 0.1) is 5.82 Å². The van der Waals surface area contributed by atoms with Crippen molar-refractivity contribution >= 4 is 17.5 Å². The first-order valence-corrected chi connectivity index (χ1v) is 9.93. The van der Waals surface area contributed by atoms with E-state index >= 15 is 0 Å². The van der Waals surface area contributed by atoms with E-state index in [9.17, 15) is 31.5 Å². The summed E-state index contributed by atoms with van der Waals surface area (Å²) in [6, 6.07) is 7.49. The van der Waals surface area contributed by atoms with Gasteiger partial charge in [-0.3, -0.25) is 14.7 Å². The zero-order valence-corrected chi connectivity index (χ0v) is 17.3. The summed E-state index contributed by atoms with van der Waals surface area (Å²) in [7, 11) is 0. The molecule has 0 saturated heterocycles.